The molecule has 2 fully saturated rings. The van der Waals surface area contributed by atoms with Crippen LogP contribution in [0.15, 0.2) is 59.5 Å². The van der Waals surface area contributed by atoms with Gasteiger partial charge in [0.05, 0.1) is 16.0 Å². The number of carbonyl (C=O) groups is 1. The lowest BCUT2D eigenvalue weighted by Gasteiger charge is -2.37. The molecule has 3 N–H and O–H groups in total. The summed E-state index contributed by atoms with van der Waals surface area (Å²) in [5.41, 5.74) is 0.672. The average molecular weight is 400 g/mol. The van der Waals surface area contributed by atoms with Crippen molar-refractivity contribution < 1.29 is 13.2 Å². The van der Waals surface area contributed by atoms with Crippen molar-refractivity contribution in [2.24, 2.45) is 11.3 Å². The number of benzene rings is 2. The Bertz CT molecular complexity index is 962. The van der Waals surface area contributed by atoms with Crippen LogP contribution in [0.4, 0.5) is 11.4 Å². The van der Waals surface area contributed by atoms with Crippen molar-refractivity contribution >= 4 is 27.3 Å². The van der Waals surface area contributed by atoms with Crippen LogP contribution in [0.5, 0.6) is 0 Å². The van der Waals surface area contributed by atoms with E-state index in [9.17, 15) is 13.2 Å². The minimum absolute atomic E-state index is 0.0327. The number of hydrogen-bond donors (Lipinski definition) is 3. The topological polar surface area (TPSA) is 87.3 Å². The third-order valence-electron chi connectivity index (χ3n) is 5.92. The average Bonchev–Trinajstić information content (AvgIpc) is 3.14. The van der Waals surface area contributed by atoms with Gasteiger partial charge in [-0.05, 0) is 55.6 Å². The van der Waals surface area contributed by atoms with Gasteiger partial charge in [-0.3, -0.25) is 9.52 Å². The molecule has 0 radical (unpaired) electrons. The van der Waals surface area contributed by atoms with E-state index in [1.54, 1.807) is 54.6 Å². The number of hydrogen-bond acceptors (Lipinski definition) is 4. The zero-order valence-corrected chi connectivity index (χ0v) is 16.5. The molecule has 0 aromatic heterocycles. The van der Waals surface area contributed by atoms with Crippen LogP contribution in [0.2, 0.25) is 0 Å². The molecule has 2 aromatic rings. The zero-order valence-electron chi connectivity index (χ0n) is 15.6. The van der Waals surface area contributed by atoms with Crippen molar-refractivity contribution in [1.29, 1.82) is 0 Å². The third-order valence-corrected chi connectivity index (χ3v) is 7.31. The first-order valence-electron chi connectivity index (χ1n) is 9.70. The Morgan fingerprint density at radius 3 is 2.64 bits per heavy atom. The predicted octanol–water partition coefficient (Wildman–Crippen LogP) is 3.21. The second-order valence-corrected chi connectivity index (χ2v) is 9.37. The van der Waals surface area contributed by atoms with E-state index < -0.39 is 10.0 Å². The summed E-state index contributed by atoms with van der Waals surface area (Å²) in [7, 11) is -3.67. The fourth-order valence-corrected chi connectivity index (χ4v) is 5.49. The Morgan fingerprint density at radius 1 is 1.04 bits per heavy atom. The van der Waals surface area contributed by atoms with Crippen LogP contribution in [0.3, 0.4) is 0 Å². The Labute approximate surface area is 165 Å². The van der Waals surface area contributed by atoms with Gasteiger partial charge in [0.1, 0.15) is 0 Å². The van der Waals surface area contributed by atoms with Crippen LogP contribution in [-0.4, -0.2) is 27.4 Å². The minimum Gasteiger partial charge on any atom is -0.325 e. The lowest BCUT2D eigenvalue weighted by atomic mass is 9.67. The highest BCUT2D eigenvalue weighted by Gasteiger charge is 2.49. The molecule has 0 bridgehead atoms. The summed E-state index contributed by atoms with van der Waals surface area (Å²) in [5, 5.41) is 6.41. The molecule has 1 heterocycles. The van der Waals surface area contributed by atoms with Gasteiger partial charge < -0.3 is 10.6 Å². The Kier molecular flexibility index (Phi) is 5.12. The van der Waals surface area contributed by atoms with Gasteiger partial charge in [0.2, 0.25) is 5.91 Å². The molecule has 28 heavy (non-hydrogen) atoms. The number of amides is 1. The van der Waals surface area contributed by atoms with Gasteiger partial charge in [-0.25, -0.2) is 8.42 Å². The van der Waals surface area contributed by atoms with Crippen LogP contribution >= 0.6 is 0 Å². The van der Waals surface area contributed by atoms with E-state index in [1.165, 1.54) is 6.42 Å². The van der Waals surface area contributed by atoms with E-state index in [4.69, 9.17) is 0 Å². The standard InChI is InChI=1S/C21H25N3O3S/c25-20(21-12-5-4-7-16(21)14-22-15-21)23-17-8-6-9-18(13-17)24-28(26,27)19-10-2-1-3-11-19/h1-3,6,8-11,13,16,22,24H,4-5,7,12,14-15H2,(H,23,25)/t16-,21+/m0/s1. The van der Waals surface area contributed by atoms with E-state index in [0.717, 1.165) is 25.8 Å². The van der Waals surface area contributed by atoms with Gasteiger partial charge in [-0.15, -0.1) is 0 Å². The van der Waals surface area contributed by atoms with Gasteiger partial charge in [-0.1, -0.05) is 37.1 Å². The van der Waals surface area contributed by atoms with E-state index in [-0.39, 0.29) is 16.2 Å². The van der Waals surface area contributed by atoms with Gasteiger partial charge in [-0.2, -0.15) is 0 Å². The molecule has 148 valence electrons. The molecule has 2 aromatic carbocycles. The smallest absolute Gasteiger partial charge is 0.261 e. The second kappa shape index (κ2) is 7.56. The SMILES string of the molecule is O=C(Nc1cccc(NS(=O)(=O)c2ccccc2)c1)[C@@]12CCCC[C@H]1CNC2. The second-order valence-electron chi connectivity index (χ2n) is 7.68. The first-order valence-corrected chi connectivity index (χ1v) is 11.2. The highest BCUT2D eigenvalue weighted by molar-refractivity contribution is 7.92. The molecule has 4 rings (SSSR count). The minimum atomic E-state index is -3.67. The molecular weight excluding hydrogens is 374 g/mol. The normalized spacial score (nSPS) is 24.4. The van der Waals surface area contributed by atoms with Crippen LogP contribution in [-0.2, 0) is 14.8 Å². The molecule has 2 atom stereocenters. The van der Waals surface area contributed by atoms with E-state index in [2.05, 4.69) is 15.4 Å². The van der Waals surface area contributed by atoms with Crippen LogP contribution < -0.4 is 15.4 Å². The summed E-state index contributed by atoms with van der Waals surface area (Å²) in [6, 6.07) is 15.1. The Morgan fingerprint density at radius 2 is 1.82 bits per heavy atom. The monoisotopic (exact) mass is 399 g/mol. The molecule has 1 aliphatic heterocycles. The predicted molar refractivity (Wildman–Crippen MR) is 110 cm³/mol. The number of rotatable bonds is 5. The molecule has 7 heteroatoms. The fraction of sp³-hybridized carbons (Fsp3) is 0.381. The zero-order chi connectivity index (χ0) is 19.6. The molecular formula is C21H25N3O3S. The van der Waals surface area contributed by atoms with Crippen LogP contribution in [0.25, 0.3) is 0 Å². The maximum Gasteiger partial charge on any atom is 0.261 e. The third kappa shape index (κ3) is 3.64. The molecule has 1 saturated heterocycles. The van der Waals surface area contributed by atoms with Gasteiger partial charge in [0.15, 0.2) is 0 Å². The largest absolute Gasteiger partial charge is 0.325 e. The lowest BCUT2D eigenvalue weighted by Crippen LogP contribution is -2.44. The highest BCUT2D eigenvalue weighted by Crippen LogP contribution is 2.44. The molecule has 2 aliphatic rings. The number of nitrogens with one attached hydrogen (secondary N) is 3. The van der Waals surface area contributed by atoms with Gasteiger partial charge in [0, 0.05) is 12.2 Å². The number of carbonyl (C=O) groups excluding carboxylic acids is 1. The number of anilines is 2. The highest BCUT2D eigenvalue weighted by atomic mass is 32.2. The maximum atomic E-state index is 13.1. The molecule has 0 unspecified atom stereocenters. The van der Waals surface area contributed by atoms with Gasteiger partial charge in [0.25, 0.3) is 10.0 Å². The van der Waals surface area contributed by atoms with Gasteiger partial charge >= 0.3 is 0 Å². The number of sulfonamides is 1. The summed E-state index contributed by atoms with van der Waals surface area (Å²) in [6.07, 6.45) is 4.23. The molecule has 1 aliphatic carbocycles. The quantitative estimate of drug-likeness (QED) is 0.721. The van der Waals surface area contributed by atoms with E-state index in [0.29, 0.717) is 23.8 Å². The first kappa shape index (κ1) is 19.0. The summed E-state index contributed by atoms with van der Waals surface area (Å²) < 4.78 is 27.6. The lowest BCUT2D eigenvalue weighted by molar-refractivity contribution is -0.128. The fourth-order valence-electron chi connectivity index (χ4n) is 4.42. The van der Waals surface area contributed by atoms with Crippen molar-refractivity contribution in [3.05, 3.63) is 54.6 Å². The van der Waals surface area contributed by atoms with Crippen LogP contribution in [0.1, 0.15) is 25.7 Å². The molecule has 0 spiro atoms. The van der Waals surface area contributed by atoms with Crippen LogP contribution in [0, 0.1) is 11.3 Å². The maximum absolute atomic E-state index is 13.1. The molecule has 1 amide bonds. The summed E-state index contributed by atoms with van der Waals surface area (Å²) >= 11 is 0. The molecule has 1 saturated carbocycles. The number of fused-ring (bicyclic) bond motifs is 1. The summed E-state index contributed by atoms with van der Waals surface area (Å²) in [5.74, 6) is 0.409. The van der Waals surface area contributed by atoms with E-state index >= 15 is 0 Å². The van der Waals surface area contributed by atoms with Crippen molar-refractivity contribution in [3.8, 4) is 0 Å². The van der Waals surface area contributed by atoms with E-state index in [1.807, 2.05) is 0 Å². The Balaban J connectivity index is 1.51. The van der Waals surface area contributed by atoms with Crippen molar-refractivity contribution in [1.82, 2.24) is 5.32 Å². The van der Waals surface area contributed by atoms with Crippen molar-refractivity contribution in [2.45, 2.75) is 30.6 Å². The van der Waals surface area contributed by atoms with Crippen molar-refractivity contribution in [2.75, 3.05) is 23.1 Å². The van der Waals surface area contributed by atoms with Crippen molar-refractivity contribution in [3.63, 3.8) is 0 Å². The first-order chi connectivity index (χ1) is 13.5. The summed E-state index contributed by atoms with van der Waals surface area (Å²) in [4.78, 5) is 13.3. The Hall–Kier alpha value is -2.38. The summed E-state index contributed by atoms with van der Waals surface area (Å²) in [6.45, 7) is 1.61. The molecule has 6 nitrogen and oxygen atoms in total.